The quantitative estimate of drug-likeness (QED) is 0.838. The van der Waals surface area contributed by atoms with Gasteiger partial charge in [-0.25, -0.2) is 13.6 Å². The van der Waals surface area contributed by atoms with Gasteiger partial charge in [0, 0.05) is 6.04 Å². The Hall–Kier alpha value is -1.60. The molecule has 1 aliphatic rings. The minimum absolute atomic E-state index is 0.0670. The zero-order valence-electron chi connectivity index (χ0n) is 12.1. The van der Waals surface area contributed by atoms with Crippen LogP contribution in [0.15, 0.2) is 18.2 Å². The molecular weight excluding hydrogens is 292 g/mol. The van der Waals surface area contributed by atoms with Crippen molar-refractivity contribution in [2.45, 2.75) is 37.5 Å². The van der Waals surface area contributed by atoms with E-state index in [0.29, 0.717) is 6.42 Å². The van der Waals surface area contributed by atoms with Crippen molar-refractivity contribution in [2.24, 2.45) is 5.14 Å². The standard InChI is InChI=1S/C14H20N2O4S/c1-9(21(15,18)19)14(17)16-12-5-3-11-8-13(20-2)6-4-10(11)7-12/h4,6,8-9,12H,3,5,7H2,1-2H3,(H,16,17)(H2,15,18,19). The van der Waals surface area contributed by atoms with Crippen molar-refractivity contribution >= 4 is 15.9 Å². The molecule has 0 fully saturated rings. The lowest BCUT2D eigenvalue weighted by atomic mass is 9.88. The van der Waals surface area contributed by atoms with Crippen molar-refractivity contribution in [3.05, 3.63) is 29.3 Å². The number of primary sulfonamides is 1. The zero-order valence-corrected chi connectivity index (χ0v) is 12.9. The highest BCUT2D eigenvalue weighted by atomic mass is 32.2. The topological polar surface area (TPSA) is 98.5 Å². The molecule has 2 unspecified atom stereocenters. The number of amides is 1. The second kappa shape index (κ2) is 6.03. The second-order valence-electron chi connectivity index (χ2n) is 5.31. The van der Waals surface area contributed by atoms with Crippen molar-refractivity contribution in [1.82, 2.24) is 5.32 Å². The number of carbonyl (C=O) groups is 1. The summed E-state index contributed by atoms with van der Waals surface area (Å²) in [6.07, 6.45) is 2.27. The van der Waals surface area contributed by atoms with E-state index in [2.05, 4.69) is 5.32 Å². The molecule has 6 nitrogen and oxygen atoms in total. The molecule has 0 spiro atoms. The molecule has 0 saturated carbocycles. The van der Waals surface area contributed by atoms with E-state index in [1.807, 2.05) is 18.2 Å². The lowest BCUT2D eigenvalue weighted by molar-refractivity contribution is -0.121. The van der Waals surface area contributed by atoms with Gasteiger partial charge in [-0.2, -0.15) is 0 Å². The Labute approximate surface area is 124 Å². The maximum absolute atomic E-state index is 11.9. The van der Waals surface area contributed by atoms with Crippen molar-refractivity contribution in [3.8, 4) is 5.75 Å². The van der Waals surface area contributed by atoms with Gasteiger partial charge in [0.1, 0.15) is 5.75 Å². The van der Waals surface area contributed by atoms with Crippen LogP contribution in [0, 0.1) is 0 Å². The van der Waals surface area contributed by atoms with Gasteiger partial charge in [-0.1, -0.05) is 6.07 Å². The Morgan fingerprint density at radius 3 is 2.76 bits per heavy atom. The molecule has 0 aromatic heterocycles. The van der Waals surface area contributed by atoms with Gasteiger partial charge in [0.15, 0.2) is 5.25 Å². The van der Waals surface area contributed by atoms with Crippen LogP contribution in [0.5, 0.6) is 5.75 Å². The molecule has 0 saturated heterocycles. The fourth-order valence-electron chi connectivity index (χ4n) is 2.45. The first-order valence-electron chi connectivity index (χ1n) is 6.79. The molecule has 0 heterocycles. The predicted molar refractivity (Wildman–Crippen MR) is 79.5 cm³/mol. The third-order valence-electron chi connectivity index (χ3n) is 3.85. The van der Waals surface area contributed by atoms with Crippen molar-refractivity contribution in [3.63, 3.8) is 0 Å². The highest BCUT2D eigenvalue weighted by molar-refractivity contribution is 7.90. The predicted octanol–water partition coefficient (Wildman–Crippen LogP) is 0.346. The Kier molecular flexibility index (Phi) is 4.53. The first-order valence-corrected chi connectivity index (χ1v) is 8.40. The molecule has 0 aliphatic heterocycles. The van der Waals surface area contributed by atoms with E-state index in [1.54, 1.807) is 7.11 Å². The van der Waals surface area contributed by atoms with Gasteiger partial charge in [-0.15, -0.1) is 0 Å². The van der Waals surface area contributed by atoms with E-state index in [0.717, 1.165) is 24.2 Å². The van der Waals surface area contributed by atoms with Gasteiger partial charge < -0.3 is 10.1 Å². The van der Waals surface area contributed by atoms with Crippen molar-refractivity contribution in [2.75, 3.05) is 7.11 Å². The third-order valence-corrected chi connectivity index (χ3v) is 5.05. The number of rotatable bonds is 4. The highest BCUT2D eigenvalue weighted by Gasteiger charge is 2.28. The lowest BCUT2D eigenvalue weighted by Gasteiger charge is -2.26. The fraction of sp³-hybridized carbons (Fsp3) is 0.500. The van der Waals surface area contributed by atoms with Crippen LogP contribution in [0.2, 0.25) is 0 Å². The lowest BCUT2D eigenvalue weighted by Crippen LogP contribution is -2.47. The van der Waals surface area contributed by atoms with Gasteiger partial charge in [0.2, 0.25) is 15.9 Å². The van der Waals surface area contributed by atoms with Crippen molar-refractivity contribution in [1.29, 1.82) is 0 Å². The molecule has 0 radical (unpaired) electrons. The smallest absolute Gasteiger partial charge is 0.239 e. The number of benzene rings is 1. The largest absolute Gasteiger partial charge is 0.497 e. The molecule has 1 aromatic rings. The summed E-state index contributed by atoms with van der Waals surface area (Å²) in [4.78, 5) is 11.9. The highest BCUT2D eigenvalue weighted by Crippen LogP contribution is 2.25. The summed E-state index contributed by atoms with van der Waals surface area (Å²) in [6, 6.07) is 5.80. The first-order chi connectivity index (χ1) is 9.81. The van der Waals surface area contributed by atoms with Crippen LogP contribution in [0.1, 0.15) is 24.5 Å². The number of methoxy groups -OCH3 is 1. The summed E-state index contributed by atoms with van der Waals surface area (Å²) in [6.45, 7) is 1.30. The molecule has 2 rings (SSSR count). The Morgan fingerprint density at radius 2 is 2.14 bits per heavy atom. The van der Waals surface area contributed by atoms with Gasteiger partial charge >= 0.3 is 0 Å². The molecule has 0 bridgehead atoms. The zero-order chi connectivity index (χ0) is 15.6. The van der Waals surface area contributed by atoms with E-state index in [1.165, 1.54) is 12.5 Å². The summed E-state index contributed by atoms with van der Waals surface area (Å²) < 4.78 is 27.6. The molecule has 1 aliphatic carbocycles. The van der Waals surface area contributed by atoms with Crippen LogP contribution >= 0.6 is 0 Å². The van der Waals surface area contributed by atoms with E-state index < -0.39 is 21.2 Å². The molecule has 116 valence electrons. The average molecular weight is 312 g/mol. The van der Waals surface area contributed by atoms with E-state index >= 15 is 0 Å². The van der Waals surface area contributed by atoms with Crippen LogP contribution in [0.25, 0.3) is 0 Å². The molecule has 3 N–H and O–H groups in total. The minimum Gasteiger partial charge on any atom is -0.497 e. The number of nitrogens with two attached hydrogens (primary N) is 1. The fourth-order valence-corrected chi connectivity index (χ4v) is 2.82. The van der Waals surface area contributed by atoms with Gasteiger partial charge in [0.05, 0.1) is 7.11 Å². The van der Waals surface area contributed by atoms with Crippen LogP contribution in [0.3, 0.4) is 0 Å². The van der Waals surface area contributed by atoms with Gasteiger partial charge in [0.25, 0.3) is 0 Å². The van der Waals surface area contributed by atoms with E-state index in [-0.39, 0.29) is 6.04 Å². The average Bonchev–Trinajstić information content (AvgIpc) is 2.44. The summed E-state index contributed by atoms with van der Waals surface area (Å²) in [7, 11) is -2.22. The summed E-state index contributed by atoms with van der Waals surface area (Å²) in [5, 5.41) is 6.53. The number of hydrogen-bond donors (Lipinski definition) is 2. The number of aryl methyl sites for hydroxylation is 1. The third kappa shape index (κ3) is 3.74. The minimum atomic E-state index is -3.85. The molecular formula is C14H20N2O4S. The molecule has 21 heavy (non-hydrogen) atoms. The maximum atomic E-state index is 11.9. The van der Waals surface area contributed by atoms with Crippen molar-refractivity contribution < 1.29 is 17.9 Å². The Balaban J connectivity index is 2.04. The van der Waals surface area contributed by atoms with Crippen LogP contribution in [-0.4, -0.2) is 32.7 Å². The summed E-state index contributed by atoms with van der Waals surface area (Å²) in [5.41, 5.74) is 2.36. The van der Waals surface area contributed by atoms with E-state index in [4.69, 9.17) is 9.88 Å². The van der Waals surface area contributed by atoms with Gasteiger partial charge in [-0.05, 0) is 49.4 Å². The summed E-state index contributed by atoms with van der Waals surface area (Å²) >= 11 is 0. The number of sulfonamides is 1. The first kappa shape index (κ1) is 15.8. The number of hydrogen-bond acceptors (Lipinski definition) is 4. The summed E-state index contributed by atoms with van der Waals surface area (Å²) in [5.74, 6) is 0.276. The Morgan fingerprint density at radius 1 is 1.43 bits per heavy atom. The number of carbonyl (C=O) groups excluding carboxylic acids is 1. The SMILES string of the molecule is COc1ccc2c(c1)CCC(NC(=O)C(C)S(N)(=O)=O)C2. The monoisotopic (exact) mass is 312 g/mol. The van der Waals surface area contributed by atoms with E-state index in [9.17, 15) is 13.2 Å². The van der Waals surface area contributed by atoms with Crippen LogP contribution in [0.4, 0.5) is 0 Å². The number of fused-ring (bicyclic) bond motifs is 1. The number of nitrogens with one attached hydrogen (secondary N) is 1. The van der Waals surface area contributed by atoms with Gasteiger partial charge in [-0.3, -0.25) is 4.79 Å². The molecule has 7 heteroatoms. The normalized spacial score (nSPS) is 19.5. The number of ether oxygens (including phenoxy) is 1. The Bertz CT molecular complexity index is 642. The second-order valence-corrected chi connectivity index (χ2v) is 7.20. The maximum Gasteiger partial charge on any atom is 0.239 e. The van der Waals surface area contributed by atoms with Crippen LogP contribution < -0.4 is 15.2 Å². The molecule has 1 amide bonds. The molecule has 1 aromatic carbocycles. The molecule has 2 atom stereocenters. The van der Waals surface area contributed by atoms with Crippen LogP contribution in [-0.2, 0) is 27.7 Å².